The highest BCUT2D eigenvalue weighted by molar-refractivity contribution is 5.93. The molecule has 0 spiro atoms. The number of aryl methyl sites for hydroxylation is 1. The zero-order valence-corrected chi connectivity index (χ0v) is 12.6. The van der Waals surface area contributed by atoms with Crippen molar-refractivity contribution in [1.82, 2.24) is 9.88 Å². The summed E-state index contributed by atoms with van der Waals surface area (Å²) in [6.07, 6.45) is 4.16. The fourth-order valence-electron chi connectivity index (χ4n) is 2.95. The van der Waals surface area contributed by atoms with Crippen LogP contribution in [0.3, 0.4) is 0 Å². The van der Waals surface area contributed by atoms with Crippen LogP contribution in [-0.2, 0) is 6.42 Å². The van der Waals surface area contributed by atoms with E-state index in [4.69, 9.17) is 4.42 Å². The molecule has 0 aliphatic carbocycles. The van der Waals surface area contributed by atoms with Gasteiger partial charge in [-0.05, 0) is 49.8 Å². The molecule has 2 heterocycles. The van der Waals surface area contributed by atoms with Gasteiger partial charge in [0.2, 0.25) is 0 Å². The number of oxazole rings is 1. The highest BCUT2D eigenvalue weighted by Crippen LogP contribution is 2.23. The van der Waals surface area contributed by atoms with Gasteiger partial charge < -0.3 is 9.32 Å². The van der Waals surface area contributed by atoms with E-state index in [1.807, 2.05) is 17.0 Å². The van der Waals surface area contributed by atoms with Gasteiger partial charge in [0, 0.05) is 13.1 Å². The first kappa shape index (κ1) is 14.8. The molecule has 1 aliphatic heterocycles. The van der Waals surface area contributed by atoms with Crippen molar-refractivity contribution in [3.8, 4) is 0 Å². The van der Waals surface area contributed by atoms with Crippen LogP contribution in [0.4, 0.5) is 4.39 Å². The number of rotatable bonds is 3. The van der Waals surface area contributed by atoms with Crippen LogP contribution in [0.15, 0.2) is 35.1 Å². The van der Waals surface area contributed by atoms with Crippen molar-refractivity contribution in [2.24, 2.45) is 5.92 Å². The van der Waals surface area contributed by atoms with E-state index in [9.17, 15) is 9.18 Å². The van der Waals surface area contributed by atoms with Crippen molar-refractivity contribution in [3.63, 3.8) is 0 Å². The van der Waals surface area contributed by atoms with E-state index < -0.39 is 0 Å². The number of aromatic nitrogens is 1. The average Bonchev–Trinajstić information content (AvgIpc) is 2.96. The normalized spacial score (nSPS) is 16.0. The lowest BCUT2D eigenvalue weighted by atomic mass is 9.90. The van der Waals surface area contributed by atoms with E-state index in [2.05, 4.69) is 4.98 Å². The van der Waals surface area contributed by atoms with Gasteiger partial charge in [-0.15, -0.1) is 0 Å². The molecule has 0 bridgehead atoms. The Labute approximate surface area is 129 Å². The van der Waals surface area contributed by atoms with Gasteiger partial charge in [0.15, 0.2) is 12.1 Å². The molecule has 1 saturated heterocycles. The number of carbonyl (C=O) groups excluding carboxylic acids is 1. The largest absolute Gasteiger partial charge is 0.448 e. The molecule has 3 rings (SSSR count). The van der Waals surface area contributed by atoms with Gasteiger partial charge >= 0.3 is 0 Å². The maximum Gasteiger partial charge on any atom is 0.276 e. The van der Waals surface area contributed by atoms with Crippen molar-refractivity contribution in [2.45, 2.75) is 26.2 Å². The molecule has 0 atom stereocenters. The Morgan fingerprint density at radius 1 is 1.32 bits per heavy atom. The zero-order chi connectivity index (χ0) is 15.5. The molecule has 22 heavy (non-hydrogen) atoms. The molecule has 0 saturated carbocycles. The summed E-state index contributed by atoms with van der Waals surface area (Å²) in [6, 6.07) is 6.68. The molecular formula is C17H19FN2O2. The first-order valence-corrected chi connectivity index (χ1v) is 7.57. The summed E-state index contributed by atoms with van der Waals surface area (Å²) in [4.78, 5) is 18.2. The molecule has 0 N–H and O–H groups in total. The summed E-state index contributed by atoms with van der Waals surface area (Å²) in [5.41, 5.74) is 1.57. The van der Waals surface area contributed by atoms with E-state index in [0.717, 1.165) is 37.9 Å². The summed E-state index contributed by atoms with van der Waals surface area (Å²) < 4.78 is 18.0. The first-order valence-electron chi connectivity index (χ1n) is 7.57. The number of hydrogen-bond acceptors (Lipinski definition) is 3. The van der Waals surface area contributed by atoms with E-state index in [0.29, 0.717) is 17.4 Å². The number of carbonyl (C=O) groups is 1. The number of piperidine rings is 1. The molecule has 5 heteroatoms. The lowest BCUT2D eigenvalue weighted by Crippen LogP contribution is -2.39. The molecule has 4 nitrogen and oxygen atoms in total. The van der Waals surface area contributed by atoms with Gasteiger partial charge in [-0.25, -0.2) is 9.37 Å². The van der Waals surface area contributed by atoms with Gasteiger partial charge in [0.25, 0.3) is 5.91 Å². The summed E-state index contributed by atoms with van der Waals surface area (Å²) in [7, 11) is 0. The van der Waals surface area contributed by atoms with Gasteiger partial charge in [-0.3, -0.25) is 4.79 Å². The first-order chi connectivity index (χ1) is 10.6. The number of benzene rings is 1. The highest BCUT2D eigenvalue weighted by Gasteiger charge is 2.26. The summed E-state index contributed by atoms with van der Waals surface area (Å²) in [6.45, 7) is 3.22. The minimum Gasteiger partial charge on any atom is -0.448 e. The number of hydrogen-bond donors (Lipinski definition) is 0. The number of likely N-dealkylation sites (tertiary alicyclic amines) is 1. The quantitative estimate of drug-likeness (QED) is 0.874. The van der Waals surface area contributed by atoms with Crippen LogP contribution in [0.5, 0.6) is 0 Å². The van der Waals surface area contributed by atoms with Crippen molar-refractivity contribution in [2.75, 3.05) is 13.1 Å². The van der Waals surface area contributed by atoms with Crippen LogP contribution in [-0.4, -0.2) is 28.9 Å². The number of halogens is 1. The Morgan fingerprint density at radius 3 is 2.59 bits per heavy atom. The second kappa shape index (κ2) is 6.30. The van der Waals surface area contributed by atoms with Gasteiger partial charge in [0.1, 0.15) is 11.6 Å². The Balaban J connectivity index is 1.55. The third-order valence-electron chi connectivity index (χ3n) is 4.29. The minimum absolute atomic E-state index is 0.0496. The van der Waals surface area contributed by atoms with E-state index in [1.54, 1.807) is 6.92 Å². The van der Waals surface area contributed by atoms with Crippen LogP contribution in [0.25, 0.3) is 0 Å². The monoisotopic (exact) mass is 302 g/mol. The Kier molecular flexibility index (Phi) is 4.22. The Hall–Kier alpha value is -2.17. The zero-order valence-electron chi connectivity index (χ0n) is 12.6. The maximum atomic E-state index is 12.9. The molecule has 2 aromatic rings. The molecule has 1 aliphatic rings. The van der Waals surface area contributed by atoms with Crippen LogP contribution >= 0.6 is 0 Å². The minimum atomic E-state index is -0.202. The summed E-state index contributed by atoms with van der Waals surface area (Å²) >= 11 is 0. The smallest absolute Gasteiger partial charge is 0.276 e. The fourth-order valence-corrected chi connectivity index (χ4v) is 2.95. The third-order valence-corrected chi connectivity index (χ3v) is 4.29. The maximum absolute atomic E-state index is 12.9. The van der Waals surface area contributed by atoms with Crippen LogP contribution in [0, 0.1) is 18.7 Å². The van der Waals surface area contributed by atoms with Gasteiger partial charge in [0.05, 0.1) is 0 Å². The van der Waals surface area contributed by atoms with Crippen LogP contribution in [0.2, 0.25) is 0 Å². The van der Waals surface area contributed by atoms with Gasteiger partial charge in [-0.2, -0.15) is 0 Å². The third kappa shape index (κ3) is 3.18. The highest BCUT2D eigenvalue weighted by atomic mass is 19.1. The Morgan fingerprint density at radius 2 is 2.00 bits per heavy atom. The molecule has 1 fully saturated rings. The van der Waals surface area contributed by atoms with Crippen LogP contribution < -0.4 is 0 Å². The van der Waals surface area contributed by atoms with Crippen LogP contribution in [0.1, 0.15) is 34.7 Å². The molecule has 0 unspecified atom stereocenters. The van der Waals surface area contributed by atoms with Crippen molar-refractivity contribution in [1.29, 1.82) is 0 Å². The predicted octanol–water partition coefficient (Wildman–Crippen LogP) is 3.22. The second-order valence-electron chi connectivity index (χ2n) is 5.82. The Bertz CT molecular complexity index is 643. The molecule has 1 amide bonds. The topological polar surface area (TPSA) is 46.3 Å². The van der Waals surface area contributed by atoms with Crippen molar-refractivity contribution >= 4 is 5.91 Å². The summed E-state index contributed by atoms with van der Waals surface area (Å²) in [5.74, 6) is 0.852. The van der Waals surface area contributed by atoms with E-state index >= 15 is 0 Å². The lowest BCUT2D eigenvalue weighted by molar-refractivity contribution is 0.0683. The molecule has 1 aromatic carbocycles. The molecule has 1 aromatic heterocycles. The predicted molar refractivity (Wildman–Crippen MR) is 80.0 cm³/mol. The van der Waals surface area contributed by atoms with Gasteiger partial charge in [-0.1, -0.05) is 12.1 Å². The molecule has 0 radical (unpaired) electrons. The number of amides is 1. The standard InChI is InChI=1S/C17H19FN2O2/c1-12-16(19-11-22-12)17(21)20-8-6-14(7-9-20)10-13-2-4-15(18)5-3-13/h2-5,11,14H,6-10H2,1H3. The summed E-state index contributed by atoms with van der Waals surface area (Å²) in [5, 5.41) is 0. The van der Waals surface area contributed by atoms with E-state index in [-0.39, 0.29) is 11.7 Å². The SMILES string of the molecule is Cc1ocnc1C(=O)N1CCC(Cc2ccc(F)cc2)CC1. The van der Waals surface area contributed by atoms with Crippen molar-refractivity contribution < 1.29 is 13.6 Å². The molecular weight excluding hydrogens is 283 g/mol. The van der Waals surface area contributed by atoms with E-state index in [1.165, 1.54) is 18.5 Å². The second-order valence-corrected chi connectivity index (χ2v) is 5.82. The average molecular weight is 302 g/mol. The van der Waals surface area contributed by atoms with Crippen molar-refractivity contribution in [3.05, 3.63) is 53.5 Å². The fraction of sp³-hybridized carbons (Fsp3) is 0.412. The molecule has 116 valence electrons. The lowest BCUT2D eigenvalue weighted by Gasteiger charge is -2.31. The number of nitrogens with zero attached hydrogens (tertiary/aromatic N) is 2.